The Bertz CT molecular complexity index is 1160. The van der Waals surface area contributed by atoms with Gasteiger partial charge in [0.2, 0.25) is 5.91 Å². The molecular weight excluding hydrogens is 469 g/mol. The summed E-state index contributed by atoms with van der Waals surface area (Å²) < 4.78 is 69.9. The normalized spacial score (nSPS) is 12.6. The summed E-state index contributed by atoms with van der Waals surface area (Å²) in [6, 6.07) is 5.94. The second kappa shape index (κ2) is 9.69. The quantitative estimate of drug-likeness (QED) is 0.464. The lowest BCUT2D eigenvalue weighted by Crippen LogP contribution is -2.47. The molecule has 2 amide bonds. The second-order valence-corrected chi connectivity index (χ2v) is 8.36. The van der Waals surface area contributed by atoms with E-state index >= 15 is 0 Å². The van der Waals surface area contributed by atoms with E-state index < -0.39 is 53.8 Å². The Labute approximate surface area is 188 Å². The van der Waals surface area contributed by atoms with Crippen LogP contribution in [0.1, 0.15) is 24.2 Å². The van der Waals surface area contributed by atoms with Crippen LogP contribution in [0.25, 0.3) is 10.2 Å². The summed E-state index contributed by atoms with van der Waals surface area (Å²) in [5.74, 6) is -4.35. The van der Waals surface area contributed by atoms with Crippen molar-refractivity contribution in [3.63, 3.8) is 0 Å². The molecule has 0 aliphatic heterocycles. The first kappa shape index (κ1) is 24.4. The lowest BCUT2D eigenvalue weighted by Gasteiger charge is -2.21. The van der Waals surface area contributed by atoms with Crippen molar-refractivity contribution >= 4 is 38.5 Å². The Morgan fingerprint density at radius 2 is 1.79 bits per heavy atom. The van der Waals surface area contributed by atoms with Crippen molar-refractivity contribution in [1.82, 2.24) is 10.3 Å². The van der Waals surface area contributed by atoms with E-state index in [9.17, 15) is 31.5 Å². The first-order valence-electron chi connectivity index (χ1n) is 9.60. The molecule has 0 radical (unpaired) electrons. The van der Waals surface area contributed by atoms with E-state index in [0.29, 0.717) is 10.2 Å². The molecule has 0 aliphatic rings. The lowest BCUT2D eigenvalue weighted by atomic mass is 10.0. The van der Waals surface area contributed by atoms with Gasteiger partial charge in [-0.1, -0.05) is 31.3 Å². The van der Waals surface area contributed by atoms with Gasteiger partial charge in [-0.05, 0) is 36.2 Å². The summed E-state index contributed by atoms with van der Waals surface area (Å²) in [5.41, 5.74) is -0.393. The van der Waals surface area contributed by atoms with Crippen LogP contribution < -0.4 is 15.4 Å². The fourth-order valence-electron chi connectivity index (χ4n) is 2.86. The van der Waals surface area contributed by atoms with E-state index in [1.165, 1.54) is 18.2 Å². The van der Waals surface area contributed by atoms with Gasteiger partial charge in [-0.3, -0.25) is 9.59 Å². The van der Waals surface area contributed by atoms with Gasteiger partial charge in [-0.2, -0.15) is 13.2 Å². The Morgan fingerprint density at radius 3 is 2.39 bits per heavy atom. The fourth-order valence-corrected chi connectivity index (χ4v) is 3.76. The first-order chi connectivity index (χ1) is 15.4. The molecule has 176 valence electrons. The highest BCUT2D eigenvalue weighted by Gasteiger charge is 2.29. The SMILES string of the molecule is CC(C)C(NC(=O)c1c(F)cccc1F)C(=O)Nc1nc2ccc(OCC(F)(F)F)cc2s1. The molecule has 1 atom stereocenters. The van der Waals surface area contributed by atoms with Gasteiger partial charge >= 0.3 is 6.18 Å². The minimum Gasteiger partial charge on any atom is -0.484 e. The van der Waals surface area contributed by atoms with Crippen molar-refractivity contribution in [2.45, 2.75) is 26.1 Å². The van der Waals surface area contributed by atoms with Crippen LogP contribution in [-0.2, 0) is 4.79 Å². The summed E-state index contributed by atoms with van der Waals surface area (Å²) in [6.45, 7) is 1.81. The monoisotopic (exact) mass is 487 g/mol. The van der Waals surface area contributed by atoms with E-state index in [0.717, 1.165) is 29.5 Å². The summed E-state index contributed by atoms with van der Waals surface area (Å²) in [4.78, 5) is 29.3. The van der Waals surface area contributed by atoms with Gasteiger partial charge in [0, 0.05) is 0 Å². The topological polar surface area (TPSA) is 80.3 Å². The van der Waals surface area contributed by atoms with Crippen LogP contribution in [0.3, 0.4) is 0 Å². The number of alkyl halides is 3. The standard InChI is InChI=1S/C21H18F5N3O3S/c1-10(2)17(28-18(30)16-12(22)4-3-5-13(16)23)19(31)29-20-27-14-7-6-11(8-15(14)33-20)32-9-21(24,25)26/h3-8,10,17H,9H2,1-2H3,(H,28,30)(H,27,29,31). The number of hydrogen-bond acceptors (Lipinski definition) is 5. The number of amides is 2. The maximum atomic E-state index is 13.9. The average molecular weight is 487 g/mol. The fraction of sp³-hybridized carbons (Fsp3) is 0.286. The smallest absolute Gasteiger partial charge is 0.422 e. The van der Waals surface area contributed by atoms with Crippen molar-refractivity contribution in [3.8, 4) is 5.75 Å². The molecule has 1 heterocycles. The molecule has 2 aromatic carbocycles. The Balaban J connectivity index is 1.74. The minimum atomic E-state index is -4.48. The van der Waals surface area contributed by atoms with Gasteiger partial charge in [-0.15, -0.1) is 0 Å². The molecule has 0 spiro atoms. The molecule has 0 fully saturated rings. The number of halogens is 5. The van der Waals surface area contributed by atoms with E-state index in [1.807, 2.05) is 0 Å². The zero-order valence-electron chi connectivity index (χ0n) is 17.3. The van der Waals surface area contributed by atoms with Gasteiger partial charge < -0.3 is 15.4 Å². The van der Waals surface area contributed by atoms with Crippen LogP contribution in [0.15, 0.2) is 36.4 Å². The second-order valence-electron chi connectivity index (χ2n) is 7.33. The van der Waals surface area contributed by atoms with Crippen LogP contribution in [0.4, 0.5) is 27.1 Å². The number of aromatic nitrogens is 1. The number of carbonyl (C=O) groups is 2. The highest BCUT2D eigenvalue weighted by atomic mass is 32.1. The van der Waals surface area contributed by atoms with E-state index in [1.54, 1.807) is 13.8 Å². The molecule has 12 heteroatoms. The Kier molecular flexibility index (Phi) is 7.15. The van der Waals surface area contributed by atoms with Gasteiger partial charge in [0.05, 0.1) is 10.2 Å². The zero-order chi connectivity index (χ0) is 24.3. The van der Waals surface area contributed by atoms with Gasteiger partial charge in [0.15, 0.2) is 11.7 Å². The zero-order valence-corrected chi connectivity index (χ0v) is 18.1. The van der Waals surface area contributed by atoms with Gasteiger partial charge in [0.1, 0.15) is 29.0 Å². The molecule has 2 N–H and O–H groups in total. The maximum Gasteiger partial charge on any atom is 0.422 e. The maximum absolute atomic E-state index is 13.9. The summed E-state index contributed by atoms with van der Waals surface area (Å²) in [7, 11) is 0. The Hall–Kier alpha value is -3.28. The summed E-state index contributed by atoms with van der Waals surface area (Å²) in [6.07, 6.45) is -4.48. The number of hydrogen-bond donors (Lipinski definition) is 2. The summed E-state index contributed by atoms with van der Waals surface area (Å²) in [5, 5.41) is 4.97. The number of rotatable bonds is 7. The third-order valence-corrected chi connectivity index (χ3v) is 5.35. The molecular formula is C21H18F5N3O3S. The van der Waals surface area contributed by atoms with Crippen LogP contribution in [0, 0.1) is 17.6 Å². The molecule has 3 rings (SSSR count). The predicted octanol–water partition coefficient (Wildman–Crippen LogP) is 4.91. The van der Waals surface area contributed by atoms with Crippen molar-refractivity contribution in [1.29, 1.82) is 0 Å². The molecule has 0 aliphatic carbocycles. The number of anilines is 1. The number of thiazole rings is 1. The van der Waals surface area contributed by atoms with Crippen molar-refractivity contribution in [2.24, 2.45) is 5.92 Å². The summed E-state index contributed by atoms with van der Waals surface area (Å²) >= 11 is 0.985. The van der Waals surface area contributed by atoms with Crippen molar-refractivity contribution < 1.29 is 36.3 Å². The number of ether oxygens (including phenoxy) is 1. The molecule has 33 heavy (non-hydrogen) atoms. The lowest BCUT2D eigenvalue weighted by molar-refractivity contribution is -0.153. The largest absolute Gasteiger partial charge is 0.484 e. The average Bonchev–Trinajstić information content (AvgIpc) is 3.10. The molecule has 3 aromatic rings. The number of carbonyl (C=O) groups excluding carboxylic acids is 2. The molecule has 1 aromatic heterocycles. The number of nitrogens with zero attached hydrogens (tertiary/aromatic N) is 1. The van der Waals surface area contributed by atoms with E-state index in [2.05, 4.69) is 15.6 Å². The number of benzene rings is 2. The first-order valence-corrected chi connectivity index (χ1v) is 10.4. The van der Waals surface area contributed by atoms with Crippen molar-refractivity contribution in [2.75, 3.05) is 11.9 Å². The molecule has 0 bridgehead atoms. The molecule has 0 saturated carbocycles. The third kappa shape index (κ3) is 6.15. The van der Waals surface area contributed by atoms with Crippen molar-refractivity contribution in [3.05, 3.63) is 53.6 Å². The molecule has 0 saturated heterocycles. The molecule has 6 nitrogen and oxygen atoms in total. The van der Waals surface area contributed by atoms with Crippen LogP contribution in [0.2, 0.25) is 0 Å². The Morgan fingerprint density at radius 1 is 1.12 bits per heavy atom. The van der Waals surface area contributed by atoms with Crippen LogP contribution >= 0.6 is 11.3 Å². The number of fused-ring (bicyclic) bond motifs is 1. The third-order valence-electron chi connectivity index (χ3n) is 4.42. The highest BCUT2D eigenvalue weighted by molar-refractivity contribution is 7.22. The van der Waals surface area contributed by atoms with Gasteiger partial charge in [-0.25, -0.2) is 13.8 Å². The van der Waals surface area contributed by atoms with Gasteiger partial charge in [0.25, 0.3) is 5.91 Å². The highest BCUT2D eigenvalue weighted by Crippen LogP contribution is 2.30. The van der Waals surface area contributed by atoms with E-state index in [4.69, 9.17) is 4.74 Å². The minimum absolute atomic E-state index is 0.0133. The predicted molar refractivity (Wildman–Crippen MR) is 112 cm³/mol. The van der Waals surface area contributed by atoms with E-state index in [-0.39, 0.29) is 10.9 Å². The van der Waals surface area contributed by atoms with Crippen LogP contribution in [-0.4, -0.2) is 35.6 Å². The molecule has 1 unspecified atom stereocenters. The number of nitrogens with one attached hydrogen (secondary N) is 2. The van der Waals surface area contributed by atoms with Crippen LogP contribution in [0.5, 0.6) is 5.75 Å².